The summed E-state index contributed by atoms with van der Waals surface area (Å²) in [5, 5.41) is 8.57. The molecule has 13 heavy (non-hydrogen) atoms. The summed E-state index contributed by atoms with van der Waals surface area (Å²) in [6.45, 7) is 2.11. The van der Waals surface area contributed by atoms with Crippen molar-refractivity contribution in [2.45, 2.75) is 6.92 Å². The van der Waals surface area contributed by atoms with Gasteiger partial charge in [0.25, 0.3) is 0 Å². The Balaban J connectivity index is 2.71. The van der Waals surface area contributed by atoms with Gasteiger partial charge in [-0.3, -0.25) is 0 Å². The van der Waals surface area contributed by atoms with Gasteiger partial charge in [0.15, 0.2) is 0 Å². The zero-order valence-electron chi connectivity index (χ0n) is 7.77. The second kappa shape index (κ2) is 5.33. The molecular formula is C12H14O. The average molecular weight is 174 g/mol. The molecule has 0 radical (unpaired) electrons. The summed E-state index contributed by atoms with van der Waals surface area (Å²) in [6.07, 6.45) is 5.72. The van der Waals surface area contributed by atoms with Crippen molar-refractivity contribution in [3.63, 3.8) is 0 Å². The molecule has 1 nitrogen and oxygen atoms in total. The highest BCUT2D eigenvalue weighted by atomic mass is 16.2. The standard InChI is InChI=1S/C12H14O/c1-11(6-5-9-13)10-12-7-3-2-4-8-12/h2-8,10,13H,9H2,1H3/b6-5+,11-10+. The highest BCUT2D eigenvalue weighted by Gasteiger charge is 1.85. The number of rotatable bonds is 3. The molecule has 1 aromatic rings. The van der Waals surface area contributed by atoms with Crippen LogP contribution in [0.15, 0.2) is 48.1 Å². The molecule has 0 amide bonds. The lowest BCUT2D eigenvalue weighted by Gasteiger charge is -1.93. The summed E-state index contributed by atoms with van der Waals surface area (Å²) in [7, 11) is 0. The summed E-state index contributed by atoms with van der Waals surface area (Å²) >= 11 is 0. The predicted octanol–water partition coefficient (Wildman–Crippen LogP) is 2.64. The molecule has 1 aromatic carbocycles. The fourth-order valence-corrected chi connectivity index (χ4v) is 1.10. The van der Waals surface area contributed by atoms with Crippen LogP contribution in [-0.2, 0) is 0 Å². The van der Waals surface area contributed by atoms with Gasteiger partial charge in [0, 0.05) is 0 Å². The summed E-state index contributed by atoms with van der Waals surface area (Å²) in [6, 6.07) is 10.1. The van der Waals surface area contributed by atoms with Crippen molar-refractivity contribution in [2.24, 2.45) is 0 Å². The normalized spacial score (nSPS) is 12.3. The molecule has 0 aliphatic heterocycles. The first-order valence-corrected chi connectivity index (χ1v) is 4.33. The molecule has 0 atom stereocenters. The minimum absolute atomic E-state index is 0.0972. The van der Waals surface area contributed by atoms with Crippen LogP contribution in [0.25, 0.3) is 6.08 Å². The first-order chi connectivity index (χ1) is 6.33. The van der Waals surface area contributed by atoms with E-state index in [2.05, 4.69) is 18.2 Å². The van der Waals surface area contributed by atoms with Crippen LogP contribution in [0.3, 0.4) is 0 Å². The Kier molecular flexibility index (Phi) is 4.00. The van der Waals surface area contributed by atoms with Gasteiger partial charge in [0.05, 0.1) is 6.61 Å². The second-order valence-corrected chi connectivity index (χ2v) is 2.88. The first-order valence-electron chi connectivity index (χ1n) is 4.33. The van der Waals surface area contributed by atoms with Crippen molar-refractivity contribution in [2.75, 3.05) is 6.61 Å². The van der Waals surface area contributed by atoms with Crippen LogP contribution < -0.4 is 0 Å². The molecule has 0 unspecified atom stereocenters. The molecule has 0 saturated heterocycles. The molecule has 0 heterocycles. The second-order valence-electron chi connectivity index (χ2n) is 2.88. The van der Waals surface area contributed by atoms with E-state index in [-0.39, 0.29) is 6.61 Å². The van der Waals surface area contributed by atoms with Gasteiger partial charge >= 0.3 is 0 Å². The SMILES string of the molecule is CC(/C=C/CO)=C\c1ccccc1. The molecule has 1 rings (SSSR count). The fourth-order valence-electron chi connectivity index (χ4n) is 1.10. The molecule has 0 aromatic heterocycles. The Morgan fingerprint density at radius 2 is 2.00 bits per heavy atom. The minimum atomic E-state index is 0.0972. The molecular weight excluding hydrogens is 160 g/mol. The van der Waals surface area contributed by atoms with Crippen LogP contribution in [0.5, 0.6) is 0 Å². The third-order valence-corrected chi connectivity index (χ3v) is 1.68. The van der Waals surface area contributed by atoms with Gasteiger partial charge < -0.3 is 5.11 Å². The Labute approximate surface area is 79.0 Å². The minimum Gasteiger partial charge on any atom is -0.392 e. The van der Waals surface area contributed by atoms with Crippen LogP contribution in [0.4, 0.5) is 0 Å². The number of aliphatic hydroxyl groups excluding tert-OH is 1. The Bertz CT molecular complexity index is 296. The maximum Gasteiger partial charge on any atom is 0.0615 e. The Morgan fingerprint density at radius 3 is 2.62 bits per heavy atom. The molecule has 1 N–H and O–H groups in total. The van der Waals surface area contributed by atoms with Crippen molar-refractivity contribution in [3.05, 3.63) is 53.6 Å². The van der Waals surface area contributed by atoms with Gasteiger partial charge in [0.2, 0.25) is 0 Å². The van der Waals surface area contributed by atoms with Crippen molar-refractivity contribution >= 4 is 6.08 Å². The zero-order chi connectivity index (χ0) is 9.52. The quantitative estimate of drug-likeness (QED) is 0.698. The summed E-state index contributed by atoms with van der Waals surface area (Å²) in [5.41, 5.74) is 2.32. The van der Waals surface area contributed by atoms with Gasteiger partial charge in [0.1, 0.15) is 0 Å². The van der Waals surface area contributed by atoms with Crippen molar-refractivity contribution in [1.29, 1.82) is 0 Å². The van der Waals surface area contributed by atoms with Crippen molar-refractivity contribution < 1.29 is 5.11 Å². The number of hydrogen-bond donors (Lipinski definition) is 1. The summed E-state index contributed by atoms with van der Waals surface area (Å²) < 4.78 is 0. The molecule has 68 valence electrons. The summed E-state index contributed by atoms with van der Waals surface area (Å²) in [5.74, 6) is 0. The van der Waals surface area contributed by atoms with E-state index in [1.165, 1.54) is 5.56 Å². The molecule has 0 bridgehead atoms. The predicted molar refractivity (Wildman–Crippen MR) is 56.3 cm³/mol. The van der Waals surface area contributed by atoms with Crippen LogP contribution >= 0.6 is 0 Å². The van der Waals surface area contributed by atoms with E-state index in [0.29, 0.717) is 0 Å². The van der Waals surface area contributed by atoms with E-state index in [1.807, 2.05) is 31.2 Å². The van der Waals surface area contributed by atoms with Crippen LogP contribution in [-0.4, -0.2) is 11.7 Å². The molecule has 0 aliphatic rings. The highest BCUT2D eigenvalue weighted by Crippen LogP contribution is 2.06. The molecule has 0 fully saturated rings. The van der Waals surface area contributed by atoms with Gasteiger partial charge in [-0.05, 0) is 12.5 Å². The van der Waals surface area contributed by atoms with Crippen LogP contribution in [0.1, 0.15) is 12.5 Å². The largest absolute Gasteiger partial charge is 0.392 e. The van der Waals surface area contributed by atoms with E-state index in [4.69, 9.17) is 5.11 Å². The highest BCUT2D eigenvalue weighted by molar-refractivity contribution is 5.54. The zero-order valence-corrected chi connectivity index (χ0v) is 7.77. The van der Waals surface area contributed by atoms with Gasteiger partial charge in [-0.15, -0.1) is 0 Å². The maximum absolute atomic E-state index is 8.57. The fraction of sp³-hybridized carbons (Fsp3) is 0.167. The monoisotopic (exact) mass is 174 g/mol. The van der Waals surface area contributed by atoms with Gasteiger partial charge in [-0.1, -0.05) is 54.1 Å². The first kappa shape index (κ1) is 9.75. The van der Waals surface area contributed by atoms with E-state index < -0.39 is 0 Å². The Morgan fingerprint density at radius 1 is 1.31 bits per heavy atom. The van der Waals surface area contributed by atoms with E-state index in [0.717, 1.165) is 5.57 Å². The third-order valence-electron chi connectivity index (χ3n) is 1.68. The number of hydrogen-bond acceptors (Lipinski definition) is 1. The number of allylic oxidation sites excluding steroid dienone is 2. The molecule has 1 heteroatoms. The van der Waals surface area contributed by atoms with E-state index >= 15 is 0 Å². The molecule has 0 aliphatic carbocycles. The van der Waals surface area contributed by atoms with Crippen LogP contribution in [0.2, 0.25) is 0 Å². The van der Waals surface area contributed by atoms with Crippen LogP contribution in [0, 0.1) is 0 Å². The molecule has 0 spiro atoms. The topological polar surface area (TPSA) is 20.2 Å². The third kappa shape index (κ3) is 3.72. The lowest BCUT2D eigenvalue weighted by atomic mass is 10.1. The number of aliphatic hydroxyl groups is 1. The average Bonchev–Trinajstić information content (AvgIpc) is 2.16. The lowest BCUT2D eigenvalue weighted by molar-refractivity contribution is 0.342. The van der Waals surface area contributed by atoms with Gasteiger partial charge in [-0.2, -0.15) is 0 Å². The number of benzene rings is 1. The van der Waals surface area contributed by atoms with E-state index in [1.54, 1.807) is 6.08 Å². The van der Waals surface area contributed by atoms with Crippen molar-refractivity contribution in [1.82, 2.24) is 0 Å². The maximum atomic E-state index is 8.57. The Hall–Kier alpha value is -1.34. The summed E-state index contributed by atoms with van der Waals surface area (Å²) in [4.78, 5) is 0. The smallest absolute Gasteiger partial charge is 0.0615 e. The molecule has 0 saturated carbocycles. The van der Waals surface area contributed by atoms with E-state index in [9.17, 15) is 0 Å². The van der Waals surface area contributed by atoms with Crippen molar-refractivity contribution in [3.8, 4) is 0 Å². The lowest BCUT2D eigenvalue weighted by Crippen LogP contribution is -1.75. The van der Waals surface area contributed by atoms with Gasteiger partial charge in [-0.25, -0.2) is 0 Å².